The van der Waals surface area contributed by atoms with Crippen molar-refractivity contribution in [2.75, 3.05) is 6.54 Å². The Morgan fingerprint density at radius 2 is 1.58 bits per heavy atom. The fourth-order valence-electron chi connectivity index (χ4n) is 2.43. The first-order chi connectivity index (χ1) is 12.3. The Morgan fingerprint density at radius 1 is 1.04 bits per heavy atom. The highest BCUT2D eigenvalue weighted by Gasteiger charge is 2.39. The van der Waals surface area contributed by atoms with E-state index in [1.54, 1.807) is 12.1 Å². The Bertz CT molecular complexity index is 879. The maximum absolute atomic E-state index is 14.0. The summed E-state index contributed by atoms with van der Waals surface area (Å²) in [6.45, 7) is -0.616. The molecule has 1 heterocycles. The number of thioether (sulfide) groups is 1. The summed E-state index contributed by atoms with van der Waals surface area (Å²) in [5.74, 6) is -3.52. The van der Waals surface area contributed by atoms with Crippen molar-refractivity contribution in [3.05, 3.63) is 71.6 Å². The van der Waals surface area contributed by atoms with E-state index < -0.39 is 35.2 Å². The van der Waals surface area contributed by atoms with E-state index in [0.29, 0.717) is 11.0 Å². The van der Waals surface area contributed by atoms with Crippen LogP contribution in [0.3, 0.4) is 0 Å². The van der Waals surface area contributed by atoms with Crippen LogP contribution in [-0.2, 0) is 0 Å². The Morgan fingerprint density at radius 3 is 2.15 bits per heavy atom. The second-order valence-corrected chi connectivity index (χ2v) is 6.56. The summed E-state index contributed by atoms with van der Waals surface area (Å²) in [6.07, 6.45) is 0.495. The number of hydrogen-bond acceptors (Lipinski definition) is 4. The number of imide groups is 1. The van der Waals surface area contributed by atoms with Crippen molar-refractivity contribution in [3.8, 4) is 5.75 Å². The number of alkyl halides is 2. The van der Waals surface area contributed by atoms with Crippen molar-refractivity contribution in [1.29, 1.82) is 0 Å². The maximum Gasteiger partial charge on any atom is 0.349 e. The number of carbonyl (C=O) groups excluding carboxylic acids is 2. The van der Waals surface area contributed by atoms with E-state index in [0.717, 1.165) is 0 Å². The number of para-hydroxylation sites is 1. The quantitative estimate of drug-likeness (QED) is 0.624. The van der Waals surface area contributed by atoms with Gasteiger partial charge in [0.25, 0.3) is 11.8 Å². The number of nitrogens with zero attached hydrogens (tertiary/aromatic N) is 1. The summed E-state index contributed by atoms with van der Waals surface area (Å²) in [5, 5.41) is 5.57. The minimum absolute atomic E-state index is 0.154. The predicted molar refractivity (Wildman–Crippen MR) is 89.9 cm³/mol. The van der Waals surface area contributed by atoms with Crippen LogP contribution in [-0.4, -0.2) is 33.6 Å². The van der Waals surface area contributed by atoms with Crippen LogP contribution >= 0.6 is 11.8 Å². The normalized spacial score (nSPS) is 14.7. The Balaban J connectivity index is 1.75. The SMILES string of the molecule is O=C1c2ccccc2C(=O)N1C/C=C(\F)C(F)(F)Sc1ccccc1O. The molecular weight excluding hydrogens is 367 g/mol. The highest BCUT2D eigenvalue weighted by atomic mass is 32.2. The van der Waals surface area contributed by atoms with Gasteiger partial charge in [0, 0.05) is 0 Å². The van der Waals surface area contributed by atoms with Crippen LogP contribution in [0.25, 0.3) is 0 Å². The zero-order valence-corrected chi connectivity index (χ0v) is 14.0. The number of phenols is 1. The van der Waals surface area contributed by atoms with Crippen LogP contribution in [0.4, 0.5) is 13.2 Å². The predicted octanol–water partition coefficient (Wildman–Crippen LogP) is 4.23. The van der Waals surface area contributed by atoms with E-state index in [2.05, 4.69) is 0 Å². The molecule has 2 aromatic carbocycles. The van der Waals surface area contributed by atoms with Crippen LogP contribution < -0.4 is 0 Å². The number of amides is 2. The van der Waals surface area contributed by atoms with Crippen molar-refractivity contribution in [2.24, 2.45) is 0 Å². The topological polar surface area (TPSA) is 57.6 Å². The minimum Gasteiger partial charge on any atom is -0.507 e. The van der Waals surface area contributed by atoms with Gasteiger partial charge in [0.2, 0.25) is 0 Å². The van der Waals surface area contributed by atoms with Crippen LogP contribution in [0.15, 0.2) is 65.3 Å². The van der Waals surface area contributed by atoms with E-state index in [1.807, 2.05) is 0 Å². The molecule has 0 atom stereocenters. The molecule has 1 aliphatic heterocycles. The molecule has 0 unspecified atom stereocenters. The van der Waals surface area contributed by atoms with Crippen LogP contribution in [0.1, 0.15) is 20.7 Å². The van der Waals surface area contributed by atoms with Crippen molar-refractivity contribution in [2.45, 2.75) is 10.2 Å². The number of fused-ring (bicyclic) bond motifs is 1. The molecule has 0 bridgehead atoms. The van der Waals surface area contributed by atoms with Gasteiger partial charge in [-0.1, -0.05) is 24.3 Å². The molecule has 1 N–H and O–H groups in total. The molecule has 1 aliphatic rings. The first kappa shape index (κ1) is 18.1. The summed E-state index contributed by atoms with van der Waals surface area (Å²) in [6, 6.07) is 11.3. The Kier molecular flexibility index (Phi) is 4.78. The van der Waals surface area contributed by atoms with Crippen molar-refractivity contribution >= 4 is 23.6 Å². The number of halogens is 3. The van der Waals surface area contributed by atoms with Gasteiger partial charge < -0.3 is 5.11 Å². The molecule has 134 valence electrons. The zero-order valence-electron chi connectivity index (χ0n) is 13.2. The fraction of sp³-hybridized carbons (Fsp3) is 0.111. The Hall–Kier alpha value is -2.74. The maximum atomic E-state index is 14.0. The third-order valence-corrected chi connectivity index (χ3v) is 4.73. The average molecular weight is 379 g/mol. The number of aromatic hydroxyl groups is 1. The summed E-state index contributed by atoms with van der Waals surface area (Å²) in [5.41, 5.74) is 0.309. The lowest BCUT2D eigenvalue weighted by Gasteiger charge is -2.16. The molecule has 2 amide bonds. The second kappa shape index (κ2) is 6.87. The molecule has 26 heavy (non-hydrogen) atoms. The van der Waals surface area contributed by atoms with Gasteiger partial charge in [0.05, 0.1) is 22.6 Å². The van der Waals surface area contributed by atoms with E-state index in [-0.39, 0.29) is 27.8 Å². The van der Waals surface area contributed by atoms with Gasteiger partial charge >= 0.3 is 5.25 Å². The van der Waals surface area contributed by atoms with Gasteiger partial charge in [-0.15, -0.1) is 0 Å². The number of hydrogen-bond donors (Lipinski definition) is 1. The molecular formula is C18H12F3NO3S. The highest BCUT2D eigenvalue weighted by molar-refractivity contribution is 8.00. The van der Waals surface area contributed by atoms with Crippen molar-refractivity contribution in [1.82, 2.24) is 4.90 Å². The number of benzene rings is 2. The molecule has 3 rings (SSSR count). The molecule has 0 fully saturated rings. The first-order valence-corrected chi connectivity index (χ1v) is 8.29. The first-order valence-electron chi connectivity index (χ1n) is 7.47. The molecule has 0 saturated carbocycles. The monoisotopic (exact) mass is 379 g/mol. The van der Waals surface area contributed by atoms with Crippen LogP contribution in [0, 0.1) is 0 Å². The van der Waals surface area contributed by atoms with Gasteiger partial charge in [-0.05, 0) is 42.1 Å². The zero-order chi connectivity index (χ0) is 18.9. The Labute approximate surface area is 150 Å². The number of carbonyl (C=O) groups is 2. The molecule has 2 aromatic rings. The lowest BCUT2D eigenvalue weighted by atomic mass is 10.1. The van der Waals surface area contributed by atoms with Gasteiger partial charge in [-0.3, -0.25) is 14.5 Å². The number of phenolic OH excluding ortho intramolecular Hbond substituents is 1. The lowest BCUT2D eigenvalue weighted by Crippen LogP contribution is -2.30. The molecule has 0 aromatic heterocycles. The second-order valence-electron chi connectivity index (χ2n) is 5.41. The molecule has 0 radical (unpaired) electrons. The lowest BCUT2D eigenvalue weighted by molar-refractivity contribution is 0.0667. The van der Waals surface area contributed by atoms with E-state index in [4.69, 9.17) is 0 Å². The third-order valence-electron chi connectivity index (χ3n) is 3.71. The van der Waals surface area contributed by atoms with Gasteiger partial charge in [-0.2, -0.15) is 8.78 Å². The minimum atomic E-state index is -3.96. The summed E-state index contributed by atoms with van der Waals surface area (Å²) < 4.78 is 42.1. The number of rotatable bonds is 5. The standard InChI is InChI=1S/C18H12F3NO3S/c19-15(18(20,21)26-14-8-4-3-7-13(14)23)9-10-22-16(24)11-5-1-2-6-12(11)17(22)25/h1-9,23H,10H2/b15-9-. The van der Waals surface area contributed by atoms with Crippen LogP contribution in [0.5, 0.6) is 5.75 Å². The summed E-state index contributed by atoms with van der Waals surface area (Å²) in [7, 11) is 0. The summed E-state index contributed by atoms with van der Waals surface area (Å²) in [4.78, 5) is 24.8. The third kappa shape index (κ3) is 3.32. The molecule has 0 aliphatic carbocycles. The van der Waals surface area contributed by atoms with Crippen molar-refractivity contribution in [3.63, 3.8) is 0 Å². The van der Waals surface area contributed by atoms with Gasteiger partial charge in [-0.25, -0.2) is 4.39 Å². The summed E-state index contributed by atoms with van der Waals surface area (Å²) >= 11 is -0.163. The average Bonchev–Trinajstić information content (AvgIpc) is 2.86. The largest absolute Gasteiger partial charge is 0.507 e. The molecule has 8 heteroatoms. The van der Waals surface area contributed by atoms with Gasteiger partial charge in [0.15, 0.2) is 5.83 Å². The molecule has 4 nitrogen and oxygen atoms in total. The van der Waals surface area contributed by atoms with Crippen LogP contribution in [0.2, 0.25) is 0 Å². The smallest absolute Gasteiger partial charge is 0.349 e. The van der Waals surface area contributed by atoms with E-state index >= 15 is 0 Å². The van der Waals surface area contributed by atoms with E-state index in [1.165, 1.54) is 36.4 Å². The fourth-order valence-corrected chi connectivity index (χ4v) is 3.20. The van der Waals surface area contributed by atoms with Gasteiger partial charge in [0.1, 0.15) is 5.75 Å². The van der Waals surface area contributed by atoms with Crippen molar-refractivity contribution < 1.29 is 27.9 Å². The molecule has 0 saturated heterocycles. The van der Waals surface area contributed by atoms with E-state index in [9.17, 15) is 27.9 Å². The molecule has 0 spiro atoms. The highest BCUT2D eigenvalue weighted by Crippen LogP contribution is 2.44.